The molecular weight excluding hydrogens is 405 g/mol. The zero-order valence-electron chi connectivity index (χ0n) is 17.6. The third-order valence-electron chi connectivity index (χ3n) is 5.30. The molecule has 8 heteroatoms. The molecule has 6 nitrogen and oxygen atoms in total. The molecule has 1 aliphatic heterocycles. The zero-order chi connectivity index (χ0) is 21.9. The molecule has 1 heterocycles. The SMILES string of the molecule is Cc1cc(C)c(S(=O)(=O)N2CCN(CC(=O)NCc3ccc(F)cc3)CC2)c(C)c1. The maximum Gasteiger partial charge on any atom is 0.243 e. The van der Waals surface area contributed by atoms with Gasteiger partial charge in [-0.25, -0.2) is 12.8 Å². The smallest absolute Gasteiger partial charge is 0.243 e. The summed E-state index contributed by atoms with van der Waals surface area (Å²) in [7, 11) is -3.57. The van der Waals surface area contributed by atoms with Crippen LogP contribution < -0.4 is 5.32 Å². The fraction of sp³-hybridized carbons (Fsp3) is 0.409. The van der Waals surface area contributed by atoms with E-state index in [1.54, 1.807) is 12.1 Å². The Labute approximate surface area is 177 Å². The minimum atomic E-state index is -3.57. The van der Waals surface area contributed by atoms with E-state index < -0.39 is 10.0 Å². The summed E-state index contributed by atoms with van der Waals surface area (Å²) >= 11 is 0. The molecule has 0 aliphatic carbocycles. The topological polar surface area (TPSA) is 69.7 Å². The molecule has 0 aromatic heterocycles. The summed E-state index contributed by atoms with van der Waals surface area (Å²) in [5.41, 5.74) is 3.38. The third-order valence-corrected chi connectivity index (χ3v) is 7.51. The van der Waals surface area contributed by atoms with Crippen LogP contribution in [-0.2, 0) is 21.4 Å². The van der Waals surface area contributed by atoms with Crippen LogP contribution in [0.15, 0.2) is 41.3 Å². The van der Waals surface area contributed by atoms with Crippen LogP contribution in [0.5, 0.6) is 0 Å². The highest BCUT2D eigenvalue weighted by atomic mass is 32.2. The first-order chi connectivity index (χ1) is 14.2. The molecule has 2 aromatic rings. The van der Waals surface area contributed by atoms with E-state index in [0.717, 1.165) is 22.3 Å². The van der Waals surface area contributed by atoms with Gasteiger partial charge in [-0.1, -0.05) is 29.8 Å². The van der Waals surface area contributed by atoms with Crippen LogP contribution >= 0.6 is 0 Å². The summed E-state index contributed by atoms with van der Waals surface area (Å²) in [6.45, 7) is 7.83. The normalized spacial score (nSPS) is 15.9. The second kappa shape index (κ2) is 9.24. The lowest BCUT2D eigenvalue weighted by Crippen LogP contribution is -2.51. The summed E-state index contributed by atoms with van der Waals surface area (Å²) in [5.74, 6) is -0.449. The first kappa shape index (κ1) is 22.4. The highest BCUT2D eigenvalue weighted by Gasteiger charge is 2.31. The highest BCUT2D eigenvalue weighted by Crippen LogP contribution is 2.26. The van der Waals surface area contributed by atoms with Gasteiger partial charge in [0.25, 0.3) is 0 Å². The van der Waals surface area contributed by atoms with Crippen molar-refractivity contribution < 1.29 is 17.6 Å². The van der Waals surface area contributed by atoms with Gasteiger partial charge in [0.1, 0.15) is 5.82 Å². The number of benzene rings is 2. The van der Waals surface area contributed by atoms with E-state index in [9.17, 15) is 17.6 Å². The molecular formula is C22H28FN3O3S. The van der Waals surface area contributed by atoms with Crippen molar-refractivity contribution in [2.45, 2.75) is 32.2 Å². The monoisotopic (exact) mass is 433 g/mol. The number of carbonyl (C=O) groups excluding carboxylic acids is 1. The van der Waals surface area contributed by atoms with Crippen LogP contribution in [0, 0.1) is 26.6 Å². The van der Waals surface area contributed by atoms with Gasteiger partial charge >= 0.3 is 0 Å². The van der Waals surface area contributed by atoms with Crippen LogP contribution in [0.25, 0.3) is 0 Å². The fourth-order valence-electron chi connectivity index (χ4n) is 3.89. The van der Waals surface area contributed by atoms with E-state index in [2.05, 4.69) is 5.32 Å². The molecule has 1 N–H and O–H groups in total. The number of rotatable bonds is 6. The molecule has 0 spiro atoms. The van der Waals surface area contributed by atoms with Gasteiger partial charge < -0.3 is 5.32 Å². The lowest BCUT2D eigenvalue weighted by atomic mass is 10.1. The number of piperazine rings is 1. The van der Waals surface area contributed by atoms with E-state index in [0.29, 0.717) is 37.6 Å². The fourth-order valence-corrected chi connectivity index (χ4v) is 5.73. The van der Waals surface area contributed by atoms with Crippen molar-refractivity contribution in [3.8, 4) is 0 Å². The summed E-state index contributed by atoms with van der Waals surface area (Å²) in [6.07, 6.45) is 0. The number of hydrogen-bond acceptors (Lipinski definition) is 4. The number of nitrogens with one attached hydrogen (secondary N) is 1. The summed E-state index contributed by atoms with van der Waals surface area (Å²) in [6, 6.07) is 9.77. The van der Waals surface area contributed by atoms with Crippen molar-refractivity contribution in [3.05, 3.63) is 64.5 Å². The zero-order valence-corrected chi connectivity index (χ0v) is 18.4. The molecule has 30 heavy (non-hydrogen) atoms. The van der Waals surface area contributed by atoms with Gasteiger partial charge in [0.05, 0.1) is 11.4 Å². The molecule has 0 bridgehead atoms. The Morgan fingerprint density at radius 3 is 2.13 bits per heavy atom. The number of hydrogen-bond donors (Lipinski definition) is 1. The van der Waals surface area contributed by atoms with Crippen LogP contribution in [0.3, 0.4) is 0 Å². The first-order valence-corrected chi connectivity index (χ1v) is 11.4. The van der Waals surface area contributed by atoms with Crippen molar-refractivity contribution in [1.82, 2.24) is 14.5 Å². The van der Waals surface area contributed by atoms with Gasteiger partial charge in [-0.15, -0.1) is 0 Å². The van der Waals surface area contributed by atoms with E-state index in [4.69, 9.17) is 0 Å². The van der Waals surface area contributed by atoms with Gasteiger partial charge in [-0.2, -0.15) is 4.31 Å². The van der Waals surface area contributed by atoms with Crippen molar-refractivity contribution in [2.24, 2.45) is 0 Å². The molecule has 0 atom stereocenters. The average Bonchev–Trinajstić information content (AvgIpc) is 2.67. The number of nitrogens with zero attached hydrogens (tertiary/aromatic N) is 2. The summed E-state index contributed by atoms with van der Waals surface area (Å²) in [4.78, 5) is 14.5. The van der Waals surface area contributed by atoms with Crippen molar-refractivity contribution >= 4 is 15.9 Å². The Bertz CT molecular complexity index is 991. The number of carbonyl (C=O) groups is 1. The quantitative estimate of drug-likeness (QED) is 0.760. The second-order valence-electron chi connectivity index (χ2n) is 7.81. The lowest BCUT2D eigenvalue weighted by molar-refractivity contribution is -0.122. The van der Waals surface area contributed by atoms with Crippen LogP contribution in [0.4, 0.5) is 4.39 Å². The Balaban J connectivity index is 1.54. The number of sulfonamides is 1. The maximum absolute atomic E-state index is 13.2. The molecule has 3 rings (SSSR count). The van der Waals surface area contributed by atoms with Crippen LogP contribution in [0.1, 0.15) is 22.3 Å². The highest BCUT2D eigenvalue weighted by molar-refractivity contribution is 7.89. The second-order valence-corrected chi connectivity index (χ2v) is 9.69. The van der Waals surface area contributed by atoms with Crippen LogP contribution in [0.2, 0.25) is 0 Å². The minimum absolute atomic E-state index is 0.138. The Morgan fingerprint density at radius 2 is 1.57 bits per heavy atom. The predicted octanol–water partition coefficient (Wildman–Crippen LogP) is 2.37. The standard InChI is InChI=1S/C22H28FN3O3S/c1-16-12-17(2)22(18(3)13-16)30(28,29)26-10-8-25(9-11-26)15-21(27)24-14-19-4-6-20(23)7-5-19/h4-7,12-13H,8-11,14-15H2,1-3H3,(H,24,27). The van der Waals surface area contributed by atoms with Gasteiger partial charge in [-0.05, 0) is 49.6 Å². The molecule has 1 saturated heterocycles. The molecule has 0 unspecified atom stereocenters. The number of halogens is 1. The third kappa shape index (κ3) is 5.24. The molecule has 162 valence electrons. The van der Waals surface area contributed by atoms with Gasteiger partial charge in [-0.3, -0.25) is 9.69 Å². The van der Waals surface area contributed by atoms with E-state index in [1.165, 1.54) is 16.4 Å². The Kier molecular flexibility index (Phi) is 6.90. The minimum Gasteiger partial charge on any atom is -0.351 e. The molecule has 0 saturated carbocycles. The van der Waals surface area contributed by atoms with E-state index in [-0.39, 0.29) is 18.3 Å². The van der Waals surface area contributed by atoms with Crippen molar-refractivity contribution in [1.29, 1.82) is 0 Å². The van der Waals surface area contributed by atoms with Crippen molar-refractivity contribution in [2.75, 3.05) is 32.7 Å². The molecule has 2 aromatic carbocycles. The van der Waals surface area contributed by atoms with E-state index >= 15 is 0 Å². The lowest BCUT2D eigenvalue weighted by Gasteiger charge is -2.34. The number of amides is 1. The van der Waals surface area contributed by atoms with Crippen molar-refractivity contribution in [3.63, 3.8) is 0 Å². The van der Waals surface area contributed by atoms with Crippen LogP contribution in [-0.4, -0.2) is 56.3 Å². The van der Waals surface area contributed by atoms with Gasteiger partial charge in [0.15, 0.2) is 0 Å². The molecule has 1 amide bonds. The Hall–Kier alpha value is -2.29. The Morgan fingerprint density at radius 1 is 1.00 bits per heavy atom. The summed E-state index contributed by atoms with van der Waals surface area (Å²) < 4.78 is 40.8. The predicted molar refractivity (Wildman–Crippen MR) is 114 cm³/mol. The largest absolute Gasteiger partial charge is 0.351 e. The molecule has 0 radical (unpaired) electrons. The number of aryl methyl sites for hydroxylation is 3. The summed E-state index contributed by atoms with van der Waals surface area (Å²) in [5, 5.41) is 2.82. The van der Waals surface area contributed by atoms with E-state index in [1.807, 2.05) is 37.8 Å². The average molecular weight is 434 g/mol. The van der Waals surface area contributed by atoms with Gasteiger partial charge in [0, 0.05) is 32.7 Å². The van der Waals surface area contributed by atoms with Gasteiger partial charge in [0.2, 0.25) is 15.9 Å². The maximum atomic E-state index is 13.2. The molecule has 1 aliphatic rings. The molecule has 1 fully saturated rings. The first-order valence-electron chi connectivity index (χ1n) is 9.98.